The Morgan fingerprint density at radius 1 is 1.16 bits per heavy atom. The van der Waals surface area contributed by atoms with Crippen LogP contribution in [0.5, 0.6) is 0 Å². The van der Waals surface area contributed by atoms with Gasteiger partial charge in [-0.1, -0.05) is 25.3 Å². The van der Waals surface area contributed by atoms with Crippen molar-refractivity contribution in [2.24, 2.45) is 0 Å². The minimum absolute atomic E-state index is 0.279. The largest absolute Gasteiger partial charge is 0.390 e. The maximum absolute atomic E-state index is 12.2. The second kappa shape index (κ2) is 5.96. The van der Waals surface area contributed by atoms with E-state index >= 15 is 0 Å². The molecule has 2 unspecified atom stereocenters. The molecule has 2 saturated heterocycles. The van der Waals surface area contributed by atoms with E-state index < -0.39 is 15.4 Å². The molecular weight excluding hydrogens is 260 g/mol. The zero-order chi connectivity index (χ0) is 13.9. The Labute approximate surface area is 117 Å². The second-order valence-corrected chi connectivity index (χ2v) is 8.80. The summed E-state index contributed by atoms with van der Waals surface area (Å²) in [6.45, 7) is 3.70. The van der Waals surface area contributed by atoms with Gasteiger partial charge in [-0.3, -0.25) is 0 Å². The van der Waals surface area contributed by atoms with Crippen molar-refractivity contribution < 1.29 is 13.5 Å². The summed E-state index contributed by atoms with van der Waals surface area (Å²) in [5.74, 6) is 0. The van der Waals surface area contributed by atoms with Gasteiger partial charge in [-0.2, -0.15) is 0 Å². The van der Waals surface area contributed by atoms with Crippen LogP contribution in [-0.2, 0) is 9.84 Å². The molecule has 2 bridgehead atoms. The van der Waals surface area contributed by atoms with Gasteiger partial charge in [0.1, 0.15) is 0 Å². The molecular formula is C15H26O3S. The van der Waals surface area contributed by atoms with E-state index in [1.807, 2.05) is 6.08 Å². The molecule has 2 aliphatic heterocycles. The van der Waals surface area contributed by atoms with E-state index in [-0.39, 0.29) is 10.5 Å². The normalized spacial score (nSPS) is 36.9. The van der Waals surface area contributed by atoms with Crippen LogP contribution in [0.1, 0.15) is 64.2 Å². The SMILES string of the molecule is C=CCCCCCC1(O)CC2CCCC(C1)S2(=O)=O. The van der Waals surface area contributed by atoms with Crippen LogP contribution in [0, 0.1) is 0 Å². The number of hydrogen-bond acceptors (Lipinski definition) is 3. The third-order valence-corrected chi connectivity index (χ3v) is 7.41. The molecule has 2 atom stereocenters. The van der Waals surface area contributed by atoms with Crippen molar-refractivity contribution >= 4 is 9.84 Å². The zero-order valence-electron chi connectivity index (χ0n) is 11.7. The first-order valence-corrected chi connectivity index (χ1v) is 9.15. The molecule has 2 aliphatic rings. The van der Waals surface area contributed by atoms with Gasteiger partial charge in [0.05, 0.1) is 16.1 Å². The standard InChI is InChI=1S/C15H26O3S/c1-2-3-4-5-6-10-15(16)11-13-8-7-9-14(12-15)19(13,17)18/h2,13-14,16H,1,3-12H2. The molecule has 0 radical (unpaired) electrons. The lowest BCUT2D eigenvalue weighted by Gasteiger charge is -2.44. The molecule has 0 aliphatic carbocycles. The molecule has 19 heavy (non-hydrogen) atoms. The first-order chi connectivity index (χ1) is 8.98. The monoisotopic (exact) mass is 286 g/mol. The van der Waals surface area contributed by atoms with Crippen LogP contribution in [0.15, 0.2) is 12.7 Å². The van der Waals surface area contributed by atoms with Crippen molar-refractivity contribution in [3.63, 3.8) is 0 Å². The summed E-state index contributed by atoms with van der Waals surface area (Å²) in [6, 6.07) is 0. The van der Waals surface area contributed by atoms with Gasteiger partial charge in [0.15, 0.2) is 9.84 Å². The van der Waals surface area contributed by atoms with E-state index in [2.05, 4.69) is 6.58 Å². The molecule has 0 aromatic rings. The van der Waals surface area contributed by atoms with E-state index in [1.165, 1.54) is 0 Å². The van der Waals surface area contributed by atoms with Crippen LogP contribution in [0.4, 0.5) is 0 Å². The topological polar surface area (TPSA) is 54.4 Å². The lowest BCUT2D eigenvalue weighted by molar-refractivity contribution is -0.000503. The van der Waals surface area contributed by atoms with E-state index in [9.17, 15) is 13.5 Å². The number of sulfone groups is 1. The predicted molar refractivity (Wildman–Crippen MR) is 77.8 cm³/mol. The van der Waals surface area contributed by atoms with Crippen molar-refractivity contribution in [1.82, 2.24) is 0 Å². The van der Waals surface area contributed by atoms with Gasteiger partial charge in [-0.05, 0) is 44.9 Å². The summed E-state index contributed by atoms with van der Waals surface area (Å²) in [4.78, 5) is 0. The Bertz CT molecular complexity index is 393. The van der Waals surface area contributed by atoms with Crippen LogP contribution in [-0.4, -0.2) is 29.6 Å². The number of fused-ring (bicyclic) bond motifs is 2. The fraction of sp³-hybridized carbons (Fsp3) is 0.867. The number of allylic oxidation sites excluding steroid dienone is 1. The molecule has 110 valence electrons. The van der Waals surface area contributed by atoms with Crippen molar-refractivity contribution in [3.8, 4) is 0 Å². The highest BCUT2D eigenvalue weighted by molar-refractivity contribution is 7.92. The molecule has 0 saturated carbocycles. The Hall–Kier alpha value is -0.350. The van der Waals surface area contributed by atoms with Crippen molar-refractivity contribution in [1.29, 1.82) is 0 Å². The van der Waals surface area contributed by atoms with E-state index in [4.69, 9.17) is 0 Å². The Balaban J connectivity index is 1.89. The summed E-state index contributed by atoms with van der Waals surface area (Å²) >= 11 is 0. The van der Waals surface area contributed by atoms with Gasteiger partial charge in [0, 0.05) is 0 Å². The minimum Gasteiger partial charge on any atom is -0.390 e. The molecule has 0 amide bonds. The predicted octanol–water partition coefficient (Wildman–Crippen LogP) is 2.98. The van der Waals surface area contributed by atoms with Crippen LogP contribution in [0.2, 0.25) is 0 Å². The summed E-state index contributed by atoms with van der Waals surface area (Å²) in [6.07, 6.45) is 10.3. The smallest absolute Gasteiger partial charge is 0.156 e. The quantitative estimate of drug-likeness (QED) is 0.603. The average molecular weight is 286 g/mol. The first-order valence-electron chi connectivity index (χ1n) is 7.54. The minimum atomic E-state index is -2.95. The summed E-state index contributed by atoms with van der Waals surface area (Å²) in [5, 5.41) is 10.1. The van der Waals surface area contributed by atoms with Gasteiger partial charge in [-0.15, -0.1) is 6.58 Å². The molecule has 0 aromatic heterocycles. The molecule has 0 spiro atoms. The number of rotatable bonds is 6. The molecule has 3 nitrogen and oxygen atoms in total. The van der Waals surface area contributed by atoms with Crippen molar-refractivity contribution in [3.05, 3.63) is 12.7 Å². The molecule has 1 N–H and O–H groups in total. The average Bonchev–Trinajstić information content (AvgIpc) is 2.31. The highest BCUT2D eigenvalue weighted by Gasteiger charge is 2.49. The van der Waals surface area contributed by atoms with E-state index in [0.717, 1.165) is 51.4 Å². The zero-order valence-corrected chi connectivity index (χ0v) is 12.5. The van der Waals surface area contributed by atoms with Crippen molar-refractivity contribution in [2.75, 3.05) is 0 Å². The number of hydrogen-bond donors (Lipinski definition) is 1. The van der Waals surface area contributed by atoms with Crippen LogP contribution >= 0.6 is 0 Å². The maximum Gasteiger partial charge on any atom is 0.156 e. The summed E-state index contributed by atoms with van der Waals surface area (Å²) in [5.41, 5.74) is -0.727. The fourth-order valence-corrected chi connectivity index (χ4v) is 6.28. The van der Waals surface area contributed by atoms with Crippen LogP contribution in [0.25, 0.3) is 0 Å². The van der Waals surface area contributed by atoms with Gasteiger partial charge >= 0.3 is 0 Å². The molecule has 0 aromatic carbocycles. The van der Waals surface area contributed by atoms with E-state index in [0.29, 0.717) is 12.8 Å². The van der Waals surface area contributed by atoms with Crippen LogP contribution in [0.3, 0.4) is 0 Å². The Morgan fingerprint density at radius 2 is 1.79 bits per heavy atom. The van der Waals surface area contributed by atoms with Crippen LogP contribution < -0.4 is 0 Å². The lowest BCUT2D eigenvalue weighted by Crippen LogP contribution is -2.51. The Morgan fingerprint density at radius 3 is 2.37 bits per heavy atom. The first kappa shape index (κ1) is 15.0. The van der Waals surface area contributed by atoms with Gasteiger partial charge in [0.2, 0.25) is 0 Å². The third-order valence-electron chi connectivity index (χ3n) is 4.75. The lowest BCUT2D eigenvalue weighted by atomic mass is 9.82. The van der Waals surface area contributed by atoms with Crippen molar-refractivity contribution in [2.45, 2.75) is 80.3 Å². The third kappa shape index (κ3) is 3.40. The fourth-order valence-electron chi connectivity index (χ4n) is 3.66. The summed E-state index contributed by atoms with van der Waals surface area (Å²) in [7, 11) is -2.95. The Kier molecular flexibility index (Phi) is 4.72. The van der Waals surface area contributed by atoms with Gasteiger partial charge < -0.3 is 5.11 Å². The number of aliphatic hydroxyl groups is 1. The van der Waals surface area contributed by atoms with Gasteiger partial charge in [-0.25, -0.2) is 8.42 Å². The molecule has 2 rings (SSSR count). The molecule has 2 heterocycles. The summed E-state index contributed by atoms with van der Waals surface area (Å²) < 4.78 is 24.4. The molecule has 4 heteroatoms. The highest BCUT2D eigenvalue weighted by Crippen LogP contribution is 2.43. The maximum atomic E-state index is 12.2. The molecule has 2 fully saturated rings. The number of unbranched alkanes of at least 4 members (excludes halogenated alkanes) is 3. The van der Waals surface area contributed by atoms with E-state index in [1.54, 1.807) is 0 Å². The van der Waals surface area contributed by atoms with Gasteiger partial charge in [0.25, 0.3) is 0 Å². The second-order valence-electron chi connectivity index (χ2n) is 6.28. The highest BCUT2D eigenvalue weighted by atomic mass is 32.2.